The number of halogens is 2. The number of rotatable bonds is 4. The van der Waals surface area contributed by atoms with Crippen molar-refractivity contribution in [2.45, 2.75) is 6.92 Å². The molecule has 6 nitrogen and oxygen atoms in total. The van der Waals surface area contributed by atoms with E-state index >= 15 is 0 Å². The van der Waals surface area contributed by atoms with Gasteiger partial charge in [0.15, 0.2) is 6.61 Å². The summed E-state index contributed by atoms with van der Waals surface area (Å²) in [5, 5.41) is 5.81. The molecule has 1 heterocycles. The zero-order valence-electron chi connectivity index (χ0n) is 10.9. The van der Waals surface area contributed by atoms with Crippen molar-refractivity contribution in [1.82, 2.24) is 5.16 Å². The molecule has 1 aromatic carbocycles. The number of aryl methyl sites for hydroxylation is 1. The highest BCUT2D eigenvalue weighted by Crippen LogP contribution is 2.19. The van der Waals surface area contributed by atoms with Crippen LogP contribution in [-0.2, 0) is 9.53 Å². The van der Waals surface area contributed by atoms with Gasteiger partial charge in [0.25, 0.3) is 5.91 Å². The number of carbonyl (C=O) groups is 2. The summed E-state index contributed by atoms with van der Waals surface area (Å²) in [6.45, 7) is 1.07. The lowest BCUT2D eigenvalue weighted by molar-refractivity contribution is -0.119. The molecule has 0 fully saturated rings. The number of hydrogen-bond donors (Lipinski definition) is 1. The largest absolute Gasteiger partial charge is 0.452 e. The Labute approximate surface area is 123 Å². The van der Waals surface area contributed by atoms with E-state index in [1.807, 2.05) is 0 Å². The number of carbonyl (C=O) groups excluding carboxylic acids is 2. The third-order valence-electron chi connectivity index (χ3n) is 2.39. The van der Waals surface area contributed by atoms with Crippen molar-refractivity contribution in [3.05, 3.63) is 46.4 Å². The summed E-state index contributed by atoms with van der Waals surface area (Å²) in [4.78, 5) is 23.2. The Morgan fingerprint density at radius 1 is 1.48 bits per heavy atom. The summed E-state index contributed by atoms with van der Waals surface area (Å²) < 4.78 is 22.9. The molecule has 1 aromatic heterocycles. The van der Waals surface area contributed by atoms with Crippen LogP contribution in [0.4, 0.5) is 10.3 Å². The van der Waals surface area contributed by atoms with Crippen LogP contribution in [0, 0.1) is 12.7 Å². The molecular weight excluding hydrogens is 303 g/mol. The minimum absolute atomic E-state index is 0.0914. The molecule has 0 aliphatic heterocycles. The standard InChI is InChI=1S/C13H10ClFN2O4/c1-7-5-11(21-17-7)16-10(18)6-20-13(19)12-8(14)3-2-4-9(12)15/h2-5H,6H2,1H3,(H,16,18). The van der Waals surface area contributed by atoms with Gasteiger partial charge in [0, 0.05) is 6.07 Å². The van der Waals surface area contributed by atoms with E-state index in [9.17, 15) is 14.0 Å². The van der Waals surface area contributed by atoms with Crippen LogP contribution >= 0.6 is 11.6 Å². The van der Waals surface area contributed by atoms with Gasteiger partial charge >= 0.3 is 5.97 Å². The first-order chi connectivity index (χ1) is 9.97. The van der Waals surface area contributed by atoms with Gasteiger partial charge in [0.1, 0.15) is 11.4 Å². The number of benzene rings is 1. The van der Waals surface area contributed by atoms with Gasteiger partial charge in [-0.3, -0.25) is 10.1 Å². The van der Waals surface area contributed by atoms with Crippen LogP contribution in [0.1, 0.15) is 16.1 Å². The Morgan fingerprint density at radius 3 is 2.86 bits per heavy atom. The summed E-state index contributed by atoms with van der Waals surface area (Å²) >= 11 is 5.71. The lowest BCUT2D eigenvalue weighted by atomic mass is 10.2. The van der Waals surface area contributed by atoms with Crippen molar-refractivity contribution in [2.75, 3.05) is 11.9 Å². The highest BCUT2D eigenvalue weighted by molar-refractivity contribution is 6.33. The third kappa shape index (κ3) is 3.79. The van der Waals surface area contributed by atoms with Gasteiger partial charge < -0.3 is 9.26 Å². The summed E-state index contributed by atoms with van der Waals surface area (Å²) in [5.74, 6) is -2.37. The lowest BCUT2D eigenvalue weighted by Crippen LogP contribution is -2.21. The maximum absolute atomic E-state index is 13.5. The second-order valence-corrected chi connectivity index (χ2v) is 4.46. The minimum Gasteiger partial charge on any atom is -0.452 e. The van der Waals surface area contributed by atoms with Crippen molar-refractivity contribution in [3.63, 3.8) is 0 Å². The second-order valence-electron chi connectivity index (χ2n) is 4.05. The molecule has 0 aliphatic carbocycles. The molecule has 0 atom stereocenters. The minimum atomic E-state index is -1.03. The Kier molecular flexibility index (Phi) is 4.54. The second kappa shape index (κ2) is 6.36. The summed E-state index contributed by atoms with van der Waals surface area (Å²) in [7, 11) is 0. The predicted octanol–water partition coefficient (Wildman–Crippen LogP) is 2.57. The highest BCUT2D eigenvalue weighted by atomic mass is 35.5. The van der Waals surface area contributed by atoms with E-state index < -0.39 is 29.9 Å². The van der Waals surface area contributed by atoms with E-state index in [1.165, 1.54) is 18.2 Å². The topological polar surface area (TPSA) is 81.4 Å². The quantitative estimate of drug-likeness (QED) is 0.877. The van der Waals surface area contributed by atoms with Crippen LogP contribution in [0.2, 0.25) is 5.02 Å². The summed E-state index contributed by atoms with van der Waals surface area (Å²) in [6.07, 6.45) is 0. The van der Waals surface area contributed by atoms with Gasteiger partial charge in [-0.15, -0.1) is 0 Å². The first-order valence-electron chi connectivity index (χ1n) is 5.81. The van der Waals surface area contributed by atoms with Crippen molar-refractivity contribution >= 4 is 29.4 Å². The molecule has 0 aliphatic rings. The fourth-order valence-electron chi connectivity index (χ4n) is 1.49. The Morgan fingerprint density at radius 2 is 2.24 bits per heavy atom. The molecular formula is C13H10ClFN2O4. The van der Waals surface area contributed by atoms with Gasteiger partial charge in [-0.1, -0.05) is 22.8 Å². The van der Waals surface area contributed by atoms with Crippen molar-refractivity contribution in [2.24, 2.45) is 0 Å². The molecule has 0 unspecified atom stereocenters. The maximum Gasteiger partial charge on any atom is 0.343 e. The van der Waals surface area contributed by atoms with Crippen LogP contribution in [0.25, 0.3) is 0 Å². The van der Waals surface area contributed by atoms with E-state index in [0.717, 1.165) is 6.07 Å². The summed E-state index contributed by atoms with van der Waals surface area (Å²) in [6, 6.07) is 5.26. The van der Waals surface area contributed by atoms with Gasteiger partial charge in [0.05, 0.1) is 10.7 Å². The van der Waals surface area contributed by atoms with Gasteiger partial charge in [-0.05, 0) is 19.1 Å². The van der Waals surface area contributed by atoms with Crippen LogP contribution < -0.4 is 5.32 Å². The molecule has 0 saturated carbocycles. The summed E-state index contributed by atoms with van der Waals surface area (Å²) in [5.41, 5.74) is 0.169. The smallest absolute Gasteiger partial charge is 0.343 e. The number of amides is 1. The fraction of sp³-hybridized carbons (Fsp3) is 0.154. The van der Waals surface area contributed by atoms with Gasteiger partial charge in [-0.25, -0.2) is 9.18 Å². The molecule has 0 radical (unpaired) electrons. The van der Waals surface area contributed by atoms with Crippen LogP contribution in [0.5, 0.6) is 0 Å². The zero-order valence-corrected chi connectivity index (χ0v) is 11.6. The normalized spacial score (nSPS) is 10.2. The predicted molar refractivity (Wildman–Crippen MR) is 71.6 cm³/mol. The Bertz CT molecular complexity index is 666. The van der Waals surface area contributed by atoms with E-state index in [2.05, 4.69) is 10.5 Å². The van der Waals surface area contributed by atoms with Gasteiger partial charge in [-0.2, -0.15) is 0 Å². The number of aromatic nitrogens is 1. The average Bonchev–Trinajstić information content (AvgIpc) is 2.81. The first-order valence-corrected chi connectivity index (χ1v) is 6.19. The lowest BCUT2D eigenvalue weighted by Gasteiger charge is -2.06. The molecule has 21 heavy (non-hydrogen) atoms. The van der Waals surface area contributed by atoms with E-state index in [-0.39, 0.29) is 10.9 Å². The van der Waals surface area contributed by atoms with Gasteiger partial charge in [0.2, 0.25) is 5.88 Å². The van der Waals surface area contributed by atoms with Crippen molar-refractivity contribution in [1.29, 1.82) is 0 Å². The molecule has 8 heteroatoms. The van der Waals surface area contributed by atoms with E-state index in [4.69, 9.17) is 20.9 Å². The Hall–Kier alpha value is -2.41. The number of ether oxygens (including phenoxy) is 1. The molecule has 0 saturated heterocycles. The number of anilines is 1. The number of nitrogens with one attached hydrogen (secondary N) is 1. The average molecular weight is 313 g/mol. The third-order valence-corrected chi connectivity index (χ3v) is 2.71. The Balaban J connectivity index is 1.93. The van der Waals surface area contributed by atoms with Crippen LogP contribution in [0.3, 0.4) is 0 Å². The molecule has 110 valence electrons. The fourth-order valence-corrected chi connectivity index (χ4v) is 1.73. The van der Waals surface area contributed by atoms with Crippen LogP contribution in [0.15, 0.2) is 28.8 Å². The number of hydrogen-bond acceptors (Lipinski definition) is 5. The molecule has 2 rings (SSSR count). The maximum atomic E-state index is 13.5. The first kappa shape index (κ1) is 15.0. The molecule has 0 spiro atoms. The van der Waals surface area contributed by atoms with E-state index in [1.54, 1.807) is 6.92 Å². The molecule has 1 amide bonds. The van der Waals surface area contributed by atoms with Crippen molar-refractivity contribution < 1.29 is 23.2 Å². The monoisotopic (exact) mass is 312 g/mol. The number of nitrogens with zero attached hydrogens (tertiary/aromatic N) is 1. The molecule has 2 aromatic rings. The highest BCUT2D eigenvalue weighted by Gasteiger charge is 2.18. The number of esters is 1. The molecule has 1 N–H and O–H groups in total. The zero-order chi connectivity index (χ0) is 15.4. The SMILES string of the molecule is Cc1cc(NC(=O)COC(=O)c2c(F)cccc2Cl)on1. The van der Waals surface area contributed by atoms with E-state index in [0.29, 0.717) is 5.69 Å². The van der Waals surface area contributed by atoms with Crippen LogP contribution in [-0.4, -0.2) is 23.6 Å². The molecule has 0 bridgehead atoms. The van der Waals surface area contributed by atoms with Crippen molar-refractivity contribution in [3.8, 4) is 0 Å².